The smallest absolute Gasteiger partial charge is 0.140 e. The third-order valence-corrected chi connectivity index (χ3v) is 4.86. The summed E-state index contributed by atoms with van der Waals surface area (Å²) in [6.45, 7) is 2.08. The first-order valence-electron chi connectivity index (χ1n) is 6.96. The van der Waals surface area contributed by atoms with Gasteiger partial charge in [0.05, 0.1) is 0 Å². The van der Waals surface area contributed by atoms with E-state index in [0.717, 1.165) is 22.2 Å². The molecule has 2 nitrogen and oxygen atoms in total. The van der Waals surface area contributed by atoms with Crippen molar-refractivity contribution in [1.82, 2.24) is 0 Å². The van der Waals surface area contributed by atoms with Gasteiger partial charge in [-0.1, -0.05) is 41.1 Å². The predicted octanol–water partition coefficient (Wildman–Crippen LogP) is 5.03. The number of nitrogens with two attached hydrogens (primary N) is 1. The molecule has 0 radical (unpaired) electrons. The molecule has 0 saturated carbocycles. The SMILES string of the molecule is CCC(N)C(Oc1ccc(SC)cc1)c1ccccc1Br. The maximum Gasteiger partial charge on any atom is 0.140 e. The lowest BCUT2D eigenvalue weighted by Gasteiger charge is -2.25. The van der Waals surface area contributed by atoms with Crippen molar-refractivity contribution in [1.29, 1.82) is 0 Å². The molecule has 2 N–H and O–H groups in total. The van der Waals surface area contributed by atoms with Gasteiger partial charge < -0.3 is 10.5 Å². The fourth-order valence-corrected chi connectivity index (χ4v) is 3.02. The predicted molar refractivity (Wildman–Crippen MR) is 94.0 cm³/mol. The van der Waals surface area contributed by atoms with Crippen LogP contribution in [0.3, 0.4) is 0 Å². The van der Waals surface area contributed by atoms with Gasteiger partial charge >= 0.3 is 0 Å². The quantitative estimate of drug-likeness (QED) is 0.729. The first-order valence-corrected chi connectivity index (χ1v) is 8.98. The fraction of sp³-hybridized carbons (Fsp3) is 0.294. The van der Waals surface area contributed by atoms with Crippen LogP contribution in [-0.4, -0.2) is 12.3 Å². The first kappa shape index (κ1) is 16.4. The third-order valence-electron chi connectivity index (χ3n) is 3.39. The second-order valence-corrected chi connectivity index (χ2v) is 6.54. The Hall–Kier alpha value is -0.970. The summed E-state index contributed by atoms with van der Waals surface area (Å²) in [6.07, 6.45) is 2.76. The summed E-state index contributed by atoms with van der Waals surface area (Å²) >= 11 is 5.31. The normalized spacial score (nSPS) is 13.7. The van der Waals surface area contributed by atoms with Crippen LogP contribution < -0.4 is 10.5 Å². The molecule has 0 saturated heterocycles. The van der Waals surface area contributed by atoms with Gasteiger partial charge in [-0.25, -0.2) is 0 Å². The zero-order valence-corrected chi connectivity index (χ0v) is 14.7. The lowest BCUT2D eigenvalue weighted by Crippen LogP contribution is -2.31. The molecular formula is C17H20BrNOS. The van der Waals surface area contributed by atoms with Gasteiger partial charge in [0.25, 0.3) is 0 Å². The molecule has 2 aromatic carbocycles. The molecule has 2 rings (SSSR count). The van der Waals surface area contributed by atoms with Crippen LogP contribution in [0.15, 0.2) is 57.9 Å². The number of halogens is 1. The van der Waals surface area contributed by atoms with E-state index in [1.54, 1.807) is 11.8 Å². The third kappa shape index (κ3) is 4.25. The van der Waals surface area contributed by atoms with Gasteiger partial charge in [-0.05, 0) is 43.0 Å². The molecule has 4 heteroatoms. The molecule has 21 heavy (non-hydrogen) atoms. The number of hydrogen-bond donors (Lipinski definition) is 1. The minimum Gasteiger partial charge on any atom is -0.484 e. The van der Waals surface area contributed by atoms with Gasteiger partial charge in [0.15, 0.2) is 0 Å². The van der Waals surface area contributed by atoms with Crippen LogP contribution in [0.4, 0.5) is 0 Å². The Morgan fingerprint density at radius 3 is 2.38 bits per heavy atom. The van der Waals surface area contributed by atoms with Gasteiger partial charge in [0.2, 0.25) is 0 Å². The summed E-state index contributed by atoms with van der Waals surface area (Å²) in [7, 11) is 0. The zero-order valence-electron chi connectivity index (χ0n) is 12.3. The zero-order chi connectivity index (χ0) is 15.2. The number of rotatable bonds is 6. The van der Waals surface area contributed by atoms with E-state index >= 15 is 0 Å². The Labute approximate surface area is 139 Å². The van der Waals surface area contributed by atoms with Crippen LogP contribution in [0.25, 0.3) is 0 Å². The second-order valence-electron chi connectivity index (χ2n) is 4.81. The topological polar surface area (TPSA) is 35.2 Å². The van der Waals surface area contributed by atoms with Crippen molar-refractivity contribution >= 4 is 27.7 Å². The van der Waals surface area contributed by atoms with Crippen molar-refractivity contribution in [2.24, 2.45) is 5.73 Å². The average molecular weight is 366 g/mol. The van der Waals surface area contributed by atoms with E-state index in [-0.39, 0.29) is 12.1 Å². The fourth-order valence-electron chi connectivity index (χ4n) is 2.10. The maximum atomic E-state index is 6.27. The summed E-state index contributed by atoms with van der Waals surface area (Å²) in [4.78, 5) is 1.22. The van der Waals surface area contributed by atoms with Crippen LogP contribution in [0.2, 0.25) is 0 Å². The van der Waals surface area contributed by atoms with Crippen molar-refractivity contribution in [2.75, 3.05) is 6.26 Å². The molecular weight excluding hydrogens is 346 g/mol. The summed E-state index contributed by atoms with van der Waals surface area (Å²) in [6, 6.07) is 16.2. The standard InChI is InChI=1S/C17H20BrNOS/c1-3-16(19)17(14-6-4-5-7-15(14)18)20-12-8-10-13(21-2)11-9-12/h4-11,16-17H,3,19H2,1-2H3. The van der Waals surface area contributed by atoms with Gasteiger partial charge in [0, 0.05) is 21.0 Å². The summed E-state index contributed by atoms with van der Waals surface area (Å²) in [5, 5.41) is 0. The second kappa shape index (κ2) is 7.87. The summed E-state index contributed by atoms with van der Waals surface area (Å²) < 4.78 is 7.20. The van der Waals surface area contributed by atoms with Crippen LogP contribution in [0.1, 0.15) is 25.0 Å². The molecule has 0 heterocycles. The van der Waals surface area contributed by atoms with Crippen LogP contribution in [-0.2, 0) is 0 Å². The monoisotopic (exact) mass is 365 g/mol. The van der Waals surface area contributed by atoms with Crippen LogP contribution in [0.5, 0.6) is 5.75 Å². The van der Waals surface area contributed by atoms with E-state index < -0.39 is 0 Å². The average Bonchev–Trinajstić information content (AvgIpc) is 2.53. The van der Waals surface area contributed by atoms with Crippen molar-refractivity contribution in [3.63, 3.8) is 0 Å². The van der Waals surface area contributed by atoms with E-state index in [9.17, 15) is 0 Å². The van der Waals surface area contributed by atoms with E-state index in [4.69, 9.17) is 10.5 Å². The molecule has 0 fully saturated rings. The van der Waals surface area contributed by atoms with Crippen LogP contribution in [0, 0.1) is 0 Å². The minimum absolute atomic E-state index is 0.0519. The molecule has 0 aliphatic carbocycles. The molecule has 0 aliphatic heterocycles. The number of ether oxygens (including phenoxy) is 1. The number of hydrogen-bond acceptors (Lipinski definition) is 3. The van der Waals surface area contributed by atoms with E-state index in [1.165, 1.54) is 4.90 Å². The summed E-state index contributed by atoms with van der Waals surface area (Å²) in [5.74, 6) is 0.845. The Morgan fingerprint density at radius 2 is 1.81 bits per heavy atom. The van der Waals surface area contributed by atoms with Crippen molar-refractivity contribution in [3.8, 4) is 5.75 Å². The van der Waals surface area contributed by atoms with Crippen molar-refractivity contribution < 1.29 is 4.74 Å². The van der Waals surface area contributed by atoms with E-state index in [2.05, 4.69) is 47.3 Å². The number of thioether (sulfide) groups is 1. The highest BCUT2D eigenvalue weighted by Crippen LogP contribution is 2.31. The molecule has 0 bridgehead atoms. The highest BCUT2D eigenvalue weighted by Gasteiger charge is 2.22. The highest BCUT2D eigenvalue weighted by molar-refractivity contribution is 9.10. The Morgan fingerprint density at radius 1 is 1.14 bits per heavy atom. The van der Waals surface area contributed by atoms with E-state index in [1.807, 2.05) is 30.3 Å². The molecule has 2 unspecified atom stereocenters. The Bertz CT molecular complexity index is 573. The number of benzene rings is 2. The maximum absolute atomic E-state index is 6.27. The largest absolute Gasteiger partial charge is 0.484 e. The highest BCUT2D eigenvalue weighted by atomic mass is 79.9. The summed E-state index contributed by atoms with van der Waals surface area (Å²) in [5.41, 5.74) is 7.36. The lowest BCUT2D eigenvalue weighted by atomic mass is 10.0. The molecule has 0 spiro atoms. The molecule has 0 aromatic heterocycles. The minimum atomic E-state index is -0.161. The Balaban J connectivity index is 2.26. The molecule has 2 aromatic rings. The van der Waals surface area contributed by atoms with Gasteiger partial charge in [0.1, 0.15) is 11.9 Å². The molecule has 2 atom stereocenters. The molecule has 0 aliphatic rings. The van der Waals surface area contributed by atoms with Crippen molar-refractivity contribution in [3.05, 3.63) is 58.6 Å². The Kier molecular flexibility index (Phi) is 6.15. The molecule has 112 valence electrons. The van der Waals surface area contributed by atoms with Gasteiger partial charge in [-0.15, -0.1) is 11.8 Å². The van der Waals surface area contributed by atoms with Gasteiger partial charge in [-0.3, -0.25) is 0 Å². The van der Waals surface area contributed by atoms with Crippen LogP contribution >= 0.6 is 27.7 Å². The molecule has 0 amide bonds. The lowest BCUT2D eigenvalue weighted by molar-refractivity contribution is 0.170. The van der Waals surface area contributed by atoms with E-state index in [0.29, 0.717) is 0 Å². The van der Waals surface area contributed by atoms with Gasteiger partial charge in [-0.2, -0.15) is 0 Å². The first-order chi connectivity index (χ1) is 10.2. The van der Waals surface area contributed by atoms with Crippen molar-refractivity contribution in [2.45, 2.75) is 30.4 Å².